The second-order valence-electron chi connectivity index (χ2n) is 9.97. The van der Waals surface area contributed by atoms with Crippen molar-refractivity contribution in [3.05, 3.63) is 0 Å². The lowest BCUT2D eigenvalue weighted by atomic mass is 10.0. The Bertz CT molecular complexity index is 410. The molecule has 4 nitrogen and oxygen atoms in total. The van der Waals surface area contributed by atoms with Crippen molar-refractivity contribution < 1.29 is 19.2 Å². The minimum atomic E-state index is -1.48. The maximum Gasteiger partial charge on any atom is 0.151 e. The van der Waals surface area contributed by atoms with Crippen molar-refractivity contribution in [2.75, 3.05) is 40.5 Å². The van der Waals surface area contributed by atoms with Crippen LogP contribution in [-0.2, 0) is 4.74 Å². The van der Waals surface area contributed by atoms with Crippen molar-refractivity contribution in [1.82, 2.24) is 0 Å². The van der Waals surface area contributed by atoms with Crippen LogP contribution in [0.25, 0.3) is 0 Å². The van der Waals surface area contributed by atoms with Gasteiger partial charge in [0.05, 0.1) is 35.0 Å². The van der Waals surface area contributed by atoms with Gasteiger partial charge in [-0.05, 0) is 13.3 Å². The van der Waals surface area contributed by atoms with E-state index in [1.807, 2.05) is 6.92 Å². The summed E-state index contributed by atoms with van der Waals surface area (Å²) < 4.78 is 6.53. The van der Waals surface area contributed by atoms with Crippen molar-refractivity contribution in [2.24, 2.45) is 0 Å². The summed E-state index contributed by atoms with van der Waals surface area (Å²) in [6.07, 6.45) is 18.4. The molecule has 0 aliphatic rings. The lowest BCUT2D eigenvalue weighted by Crippen LogP contribution is -2.37. The standard InChI is InChI=1S/C25H53NO3P/c1-6-7-8-9-10-11-12-13-14-15-16-17-18-19-21-29-24(2)25(27)23-30(28)22-20-26(3,4)5/h23-25,27H,6-22H2,1-5H3/q+1/t24-,25+/m0/s1. The first-order chi connectivity index (χ1) is 14.3. The topological polar surface area (TPSA) is 52.5 Å². The van der Waals surface area contributed by atoms with Gasteiger partial charge in [-0.1, -0.05) is 90.4 Å². The van der Waals surface area contributed by atoms with Gasteiger partial charge < -0.3 is 19.2 Å². The van der Waals surface area contributed by atoms with Crippen molar-refractivity contribution >= 4 is 13.6 Å². The Morgan fingerprint density at radius 1 is 0.833 bits per heavy atom. The molecule has 0 aromatic carbocycles. The molecule has 0 amide bonds. The zero-order valence-corrected chi connectivity index (χ0v) is 21.8. The summed E-state index contributed by atoms with van der Waals surface area (Å²) in [5.41, 5.74) is 0. The number of unbranched alkanes of at least 4 members (excludes halogenated alkanes) is 13. The van der Waals surface area contributed by atoms with Crippen molar-refractivity contribution in [2.45, 2.75) is 116 Å². The molecule has 0 saturated carbocycles. The van der Waals surface area contributed by atoms with E-state index < -0.39 is 13.9 Å². The number of nitrogens with zero attached hydrogens (tertiary/aromatic N) is 1. The largest absolute Gasteiger partial charge is 0.630 e. The second-order valence-corrected chi connectivity index (χ2v) is 11.5. The maximum absolute atomic E-state index is 12.1. The zero-order chi connectivity index (χ0) is 22.7. The van der Waals surface area contributed by atoms with Gasteiger partial charge in [-0.25, -0.2) is 0 Å². The van der Waals surface area contributed by atoms with Gasteiger partial charge >= 0.3 is 0 Å². The predicted octanol–water partition coefficient (Wildman–Crippen LogP) is 5.50. The molecule has 1 N–H and O–H groups in total. The Balaban J connectivity index is 3.50. The summed E-state index contributed by atoms with van der Waals surface area (Å²) >= 11 is 0. The van der Waals surface area contributed by atoms with Gasteiger partial charge in [-0.3, -0.25) is 0 Å². The zero-order valence-electron chi connectivity index (χ0n) is 20.9. The molecule has 180 valence electrons. The summed E-state index contributed by atoms with van der Waals surface area (Å²) in [6, 6.07) is 0. The highest BCUT2D eigenvalue weighted by molar-refractivity contribution is 7.50. The number of aliphatic hydroxyl groups is 1. The molecular formula is C25H53NO3P+. The molecule has 0 saturated heterocycles. The van der Waals surface area contributed by atoms with E-state index >= 15 is 0 Å². The number of rotatable bonds is 21. The van der Waals surface area contributed by atoms with E-state index in [1.54, 1.807) is 5.80 Å². The average Bonchev–Trinajstić information content (AvgIpc) is 2.68. The smallest absolute Gasteiger partial charge is 0.151 e. The first kappa shape index (κ1) is 30.0. The van der Waals surface area contributed by atoms with Crippen LogP contribution < -0.4 is 4.89 Å². The molecule has 0 fully saturated rings. The second kappa shape index (κ2) is 19.7. The third kappa shape index (κ3) is 21.2. The van der Waals surface area contributed by atoms with Crippen LogP contribution >= 0.6 is 7.77 Å². The van der Waals surface area contributed by atoms with Crippen LogP contribution in [0, 0.1) is 0 Å². The summed E-state index contributed by atoms with van der Waals surface area (Å²) in [7, 11) is 4.78. The lowest BCUT2D eigenvalue weighted by molar-refractivity contribution is -0.867. The van der Waals surface area contributed by atoms with Gasteiger partial charge in [0, 0.05) is 6.61 Å². The Labute approximate surface area is 189 Å². The molecule has 5 heteroatoms. The van der Waals surface area contributed by atoms with Crippen molar-refractivity contribution in [1.29, 1.82) is 0 Å². The van der Waals surface area contributed by atoms with Gasteiger partial charge in [0.15, 0.2) is 6.16 Å². The Kier molecular flexibility index (Phi) is 19.7. The van der Waals surface area contributed by atoms with Crippen molar-refractivity contribution in [3.63, 3.8) is 0 Å². The molecule has 0 aromatic heterocycles. The van der Waals surface area contributed by atoms with Crippen LogP contribution in [0.3, 0.4) is 0 Å². The molecule has 0 heterocycles. The monoisotopic (exact) mass is 446 g/mol. The quantitative estimate of drug-likeness (QED) is 0.144. The van der Waals surface area contributed by atoms with Crippen LogP contribution in [0.1, 0.15) is 104 Å². The summed E-state index contributed by atoms with van der Waals surface area (Å²) in [6.45, 7) is 5.66. The fraction of sp³-hybridized carbons (Fsp3) is 0.960. The Hall–Kier alpha value is 0.01000. The van der Waals surface area contributed by atoms with Crippen LogP contribution in [0.5, 0.6) is 0 Å². The first-order valence-corrected chi connectivity index (χ1v) is 14.2. The number of hydrogen-bond acceptors (Lipinski definition) is 3. The molecule has 3 atom stereocenters. The molecule has 0 bridgehead atoms. The minimum absolute atomic E-state index is 0.282. The van der Waals surface area contributed by atoms with E-state index in [0.717, 1.165) is 17.4 Å². The fourth-order valence-electron chi connectivity index (χ4n) is 3.43. The number of hydrogen-bond donors (Lipinski definition) is 1. The third-order valence-electron chi connectivity index (χ3n) is 5.67. The van der Waals surface area contributed by atoms with E-state index in [2.05, 4.69) is 28.1 Å². The summed E-state index contributed by atoms with van der Waals surface area (Å²) in [5, 5.41) is 10.2. The van der Waals surface area contributed by atoms with Gasteiger partial charge in [-0.2, -0.15) is 0 Å². The highest BCUT2D eigenvalue weighted by atomic mass is 31.1. The molecule has 0 aliphatic carbocycles. The molecule has 0 aliphatic heterocycles. The summed E-state index contributed by atoms with van der Waals surface area (Å²) in [5.74, 6) is 1.57. The van der Waals surface area contributed by atoms with E-state index in [4.69, 9.17) is 4.74 Å². The lowest BCUT2D eigenvalue weighted by Gasteiger charge is -2.22. The van der Waals surface area contributed by atoms with E-state index in [-0.39, 0.29) is 6.10 Å². The van der Waals surface area contributed by atoms with Gasteiger partial charge in [0.25, 0.3) is 0 Å². The number of ether oxygens (including phenoxy) is 1. The van der Waals surface area contributed by atoms with Gasteiger partial charge in [-0.15, -0.1) is 0 Å². The maximum atomic E-state index is 12.1. The van der Waals surface area contributed by atoms with E-state index in [0.29, 0.717) is 12.8 Å². The fourth-order valence-corrected chi connectivity index (χ4v) is 4.96. The van der Waals surface area contributed by atoms with Crippen molar-refractivity contribution in [3.8, 4) is 0 Å². The van der Waals surface area contributed by atoms with E-state index in [1.165, 1.54) is 83.5 Å². The van der Waals surface area contributed by atoms with Crippen LogP contribution in [0.15, 0.2) is 0 Å². The molecule has 30 heavy (non-hydrogen) atoms. The van der Waals surface area contributed by atoms with Gasteiger partial charge in [0.1, 0.15) is 18.4 Å². The molecule has 0 aromatic rings. The molecule has 1 unspecified atom stereocenters. The van der Waals surface area contributed by atoms with E-state index in [9.17, 15) is 10.00 Å². The number of aliphatic hydroxyl groups excluding tert-OH is 1. The Morgan fingerprint density at radius 2 is 1.27 bits per heavy atom. The third-order valence-corrected chi connectivity index (χ3v) is 6.95. The van der Waals surface area contributed by atoms with Crippen LogP contribution in [-0.4, -0.2) is 68.1 Å². The molecule has 0 rings (SSSR count). The number of quaternary nitrogens is 1. The van der Waals surface area contributed by atoms with Crippen LogP contribution in [0.2, 0.25) is 0 Å². The molecule has 0 spiro atoms. The first-order valence-electron chi connectivity index (χ1n) is 12.6. The summed E-state index contributed by atoms with van der Waals surface area (Å²) in [4.78, 5) is 12.1. The Morgan fingerprint density at radius 3 is 1.70 bits per heavy atom. The SMILES string of the molecule is CCCCCCCCCCCCCCCCO[C@@H](C)[C@H](O)/C=[P+](\[O-])CC[N+](C)(C)C. The highest BCUT2D eigenvalue weighted by Gasteiger charge is 2.17. The molecular weight excluding hydrogens is 393 g/mol. The van der Waals surface area contributed by atoms with Gasteiger partial charge in [0.2, 0.25) is 0 Å². The normalized spacial score (nSPS) is 14.8. The van der Waals surface area contributed by atoms with Crippen LogP contribution in [0.4, 0.5) is 0 Å². The minimum Gasteiger partial charge on any atom is -0.630 e. The molecule has 0 radical (unpaired) electrons. The highest BCUT2D eigenvalue weighted by Crippen LogP contribution is 2.15. The predicted molar refractivity (Wildman–Crippen MR) is 132 cm³/mol. The average molecular weight is 447 g/mol.